The first-order valence-corrected chi connectivity index (χ1v) is 11.1. The van der Waals surface area contributed by atoms with Crippen LogP contribution < -0.4 is 0 Å². The Balaban J connectivity index is 1.65. The summed E-state index contributed by atoms with van der Waals surface area (Å²) >= 11 is 6.13. The highest BCUT2D eigenvalue weighted by atomic mass is 35.5. The summed E-state index contributed by atoms with van der Waals surface area (Å²) in [6.07, 6.45) is 1.91. The number of ether oxygens (including phenoxy) is 1. The number of fused-ring (bicyclic) bond motifs is 3. The van der Waals surface area contributed by atoms with Crippen LogP contribution in [0.5, 0.6) is 0 Å². The van der Waals surface area contributed by atoms with E-state index in [4.69, 9.17) is 20.8 Å². The van der Waals surface area contributed by atoms with Gasteiger partial charge in [-0.2, -0.15) is 0 Å². The predicted molar refractivity (Wildman–Crippen MR) is 127 cm³/mol. The fraction of sp³-hybridized carbons (Fsp3) is 0.296. The molecule has 0 amide bonds. The number of benzene rings is 2. The molecule has 32 heavy (non-hydrogen) atoms. The predicted octanol–water partition coefficient (Wildman–Crippen LogP) is 6.57. The van der Waals surface area contributed by atoms with Gasteiger partial charge in [-0.05, 0) is 57.0 Å². The molecule has 0 aliphatic heterocycles. The van der Waals surface area contributed by atoms with E-state index in [0.29, 0.717) is 39.9 Å². The molecule has 1 aliphatic carbocycles. The van der Waals surface area contributed by atoms with Crippen molar-refractivity contribution >= 4 is 28.4 Å². The van der Waals surface area contributed by atoms with E-state index in [1.54, 1.807) is 12.1 Å². The van der Waals surface area contributed by atoms with E-state index in [0.717, 1.165) is 16.5 Å². The molecule has 4 nitrogen and oxygen atoms in total. The summed E-state index contributed by atoms with van der Waals surface area (Å²) in [5.41, 5.74) is 3.25. The largest absolute Gasteiger partial charge is 0.497 e. The molecule has 1 heterocycles. The second-order valence-electron chi connectivity index (χ2n) is 8.80. The lowest BCUT2D eigenvalue weighted by atomic mass is 9.71. The third kappa shape index (κ3) is 3.89. The number of carbonyl (C=O) groups is 1. The molecule has 0 bridgehead atoms. The Morgan fingerprint density at radius 3 is 2.62 bits per heavy atom. The molecule has 0 fully saturated rings. The van der Waals surface area contributed by atoms with Crippen molar-refractivity contribution < 1.29 is 19.1 Å². The Morgan fingerprint density at radius 2 is 1.94 bits per heavy atom. The average Bonchev–Trinajstić information content (AvgIpc) is 3.16. The number of hydrogen-bond acceptors (Lipinski definition) is 4. The Bertz CT molecular complexity index is 1230. The van der Waals surface area contributed by atoms with Gasteiger partial charge in [-0.1, -0.05) is 41.9 Å². The zero-order valence-corrected chi connectivity index (χ0v) is 19.5. The molecule has 1 N–H and O–H groups in total. The first kappa shape index (κ1) is 22.4. The Labute approximate surface area is 193 Å². The van der Waals surface area contributed by atoms with Crippen molar-refractivity contribution in [2.75, 3.05) is 13.2 Å². The minimum atomic E-state index is -0.529. The minimum absolute atomic E-state index is 0.00605. The van der Waals surface area contributed by atoms with Crippen LogP contribution in [0.25, 0.3) is 11.0 Å². The molecular weight excluding hydrogens is 424 g/mol. The van der Waals surface area contributed by atoms with Gasteiger partial charge in [0.05, 0.1) is 24.5 Å². The molecule has 2 aromatic carbocycles. The highest BCUT2D eigenvalue weighted by Crippen LogP contribution is 2.46. The molecule has 5 heteroatoms. The van der Waals surface area contributed by atoms with Crippen molar-refractivity contribution in [3.63, 3.8) is 0 Å². The maximum Gasteiger partial charge on any atom is 0.193 e. The van der Waals surface area contributed by atoms with Crippen LogP contribution in [0.3, 0.4) is 0 Å². The number of aliphatic hydroxyl groups is 1. The topological polar surface area (TPSA) is 59.7 Å². The molecule has 0 unspecified atom stereocenters. The van der Waals surface area contributed by atoms with Gasteiger partial charge in [-0.15, -0.1) is 0 Å². The van der Waals surface area contributed by atoms with Crippen LogP contribution in [-0.2, 0) is 10.2 Å². The number of furan rings is 1. The second-order valence-corrected chi connectivity index (χ2v) is 9.23. The number of rotatable bonds is 6. The molecule has 1 aromatic heterocycles. The summed E-state index contributed by atoms with van der Waals surface area (Å²) in [5.74, 6) is 1.15. The van der Waals surface area contributed by atoms with Gasteiger partial charge in [0.25, 0.3) is 0 Å². The van der Waals surface area contributed by atoms with E-state index in [1.807, 2.05) is 70.2 Å². The summed E-state index contributed by atoms with van der Waals surface area (Å²) in [6.45, 7) is 8.15. The molecule has 166 valence electrons. The van der Waals surface area contributed by atoms with Crippen LogP contribution in [0.1, 0.15) is 55.3 Å². The summed E-state index contributed by atoms with van der Waals surface area (Å²) in [4.78, 5) is 13.3. The molecule has 1 atom stereocenters. The van der Waals surface area contributed by atoms with Crippen molar-refractivity contribution in [2.45, 2.75) is 39.0 Å². The number of allylic oxidation sites excluding steroid dienone is 4. The lowest BCUT2D eigenvalue weighted by Crippen LogP contribution is -2.29. The molecule has 0 radical (unpaired) electrons. The lowest BCUT2D eigenvalue weighted by Gasteiger charge is -2.31. The van der Waals surface area contributed by atoms with Crippen LogP contribution >= 0.6 is 11.6 Å². The Morgan fingerprint density at radius 1 is 1.22 bits per heavy atom. The molecule has 3 aromatic rings. The van der Waals surface area contributed by atoms with E-state index < -0.39 is 5.41 Å². The van der Waals surface area contributed by atoms with Gasteiger partial charge in [0.2, 0.25) is 0 Å². The number of hydrogen-bond donors (Lipinski definition) is 1. The van der Waals surface area contributed by atoms with Crippen molar-refractivity contribution in [1.29, 1.82) is 0 Å². The van der Waals surface area contributed by atoms with Crippen molar-refractivity contribution in [2.24, 2.45) is 0 Å². The zero-order chi connectivity index (χ0) is 23.0. The van der Waals surface area contributed by atoms with Crippen molar-refractivity contribution in [3.05, 3.63) is 93.4 Å². The number of aliphatic hydroxyl groups excluding tert-OH is 1. The van der Waals surface area contributed by atoms with Crippen LogP contribution in [0, 0.1) is 0 Å². The van der Waals surface area contributed by atoms with Gasteiger partial charge >= 0.3 is 0 Å². The van der Waals surface area contributed by atoms with Crippen LogP contribution in [0.2, 0.25) is 5.02 Å². The normalized spacial score (nSPS) is 16.9. The van der Waals surface area contributed by atoms with Gasteiger partial charge < -0.3 is 14.3 Å². The van der Waals surface area contributed by atoms with Gasteiger partial charge in [0.1, 0.15) is 11.3 Å². The number of Topliss-reactive ketones (excluding diaryl/α,β-unsaturated/α-hetero) is 1. The third-order valence-electron chi connectivity index (χ3n) is 6.22. The van der Waals surface area contributed by atoms with E-state index in [2.05, 4.69) is 0 Å². The molecule has 0 saturated heterocycles. The van der Waals surface area contributed by atoms with E-state index in [1.165, 1.54) is 0 Å². The van der Waals surface area contributed by atoms with Crippen LogP contribution in [0.4, 0.5) is 0 Å². The van der Waals surface area contributed by atoms with Crippen molar-refractivity contribution in [3.8, 4) is 0 Å². The highest BCUT2D eigenvalue weighted by molar-refractivity contribution is 6.31. The first-order valence-electron chi connectivity index (χ1n) is 10.7. The monoisotopic (exact) mass is 450 g/mol. The smallest absolute Gasteiger partial charge is 0.193 e. The maximum atomic E-state index is 13.3. The van der Waals surface area contributed by atoms with Crippen molar-refractivity contribution in [1.82, 2.24) is 0 Å². The third-order valence-corrected chi connectivity index (χ3v) is 6.45. The molecule has 0 saturated carbocycles. The quantitative estimate of drug-likeness (QED) is 0.431. The average molecular weight is 451 g/mol. The Kier molecular flexibility index (Phi) is 6.02. The molecule has 4 rings (SSSR count). The molecule has 1 aliphatic rings. The highest BCUT2D eigenvalue weighted by Gasteiger charge is 2.41. The van der Waals surface area contributed by atoms with E-state index in [9.17, 15) is 9.90 Å². The van der Waals surface area contributed by atoms with Gasteiger partial charge in [0, 0.05) is 33.4 Å². The standard InChI is InChI=1S/C27H27ClO4/c1-16(31-15-19(14-29)18-8-6-5-7-9-18)12-22-17(2)25(30)24-21-11-10-20(28)13-23(21)32-26(24)27(22,3)4/h5-13,19,29H,14-15H2,1-4H3/b16-12+/t19-/m1/s1. The number of ketones is 1. The first-order chi connectivity index (χ1) is 15.2. The summed E-state index contributed by atoms with van der Waals surface area (Å²) in [5, 5.41) is 11.1. The van der Waals surface area contributed by atoms with Crippen LogP contribution in [0.15, 0.2) is 75.9 Å². The summed E-state index contributed by atoms with van der Waals surface area (Å²) in [7, 11) is 0. The SMILES string of the molecule is CC1=C(/C=C(\C)OC[C@@H](CO)c2ccccc2)C(C)(C)c2oc3cc(Cl)ccc3c2C1=O. The molecular formula is C27H27ClO4. The second kappa shape index (κ2) is 8.61. The lowest BCUT2D eigenvalue weighted by molar-refractivity contribution is 0.102. The fourth-order valence-corrected chi connectivity index (χ4v) is 4.54. The van der Waals surface area contributed by atoms with E-state index in [-0.39, 0.29) is 18.3 Å². The van der Waals surface area contributed by atoms with Gasteiger partial charge in [0.15, 0.2) is 5.78 Å². The number of carbonyl (C=O) groups excluding carboxylic acids is 1. The van der Waals surface area contributed by atoms with Gasteiger partial charge in [-0.25, -0.2) is 0 Å². The number of halogens is 1. The zero-order valence-electron chi connectivity index (χ0n) is 18.7. The fourth-order valence-electron chi connectivity index (χ4n) is 4.38. The molecule has 0 spiro atoms. The Hall–Kier alpha value is -2.82. The minimum Gasteiger partial charge on any atom is -0.497 e. The maximum absolute atomic E-state index is 13.3. The van der Waals surface area contributed by atoms with Gasteiger partial charge in [-0.3, -0.25) is 4.79 Å². The van der Waals surface area contributed by atoms with Crippen LogP contribution in [-0.4, -0.2) is 24.1 Å². The summed E-state index contributed by atoms with van der Waals surface area (Å²) < 4.78 is 12.1. The summed E-state index contributed by atoms with van der Waals surface area (Å²) in [6, 6.07) is 15.2. The van der Waals surface area contributed by atoms with E-state index >= 15 is 0 Å².